The van der Waals surface area contributed by atoms with Crippen LogP contribution < -0.4 is 20.3 Å². The molecule has 7 nitrogen and oxygen atoms in total. The highest BCUT2D eigenvalue weighted by molar-refractivity contribution is 6.02. The van der Waals surface area contributed by atoms with Crippen molar-refractivity contribution in [2.75, 3.05) is 28.7 Å². The molecule has 0 spiro atoms. The molecule has 0 radical (unpaired) electrons. The number of rotatable bonds is 7. The van der Waals surface area contributed by atoms with Crippen molar-refractivity contribution in [3.8, 4) is 5.75 Å². The number of para-hydroxylation sites is 2. The van der Waals surface area contributed by atoms with Crippen molar-refractivity contribution in [2.45, 2.75) is 20.8 Å². The van der Waals surface area contributed by atoms with E-state index in [0.29, 0.717) is 29.4 Å². The quantitative estimate of drug-likeness (QED) is 0.785. The second-order valence-corrected chi connectivity index (χ2v) is 5.81. The Kier molecular flexibility index (Phi) is 6.93. The first-order chi connectivity index (χ1) is 12.9. The van der Waals surface area contributed by atoms with Crippen LogP contribution in [-0.4, -0.2) is 30.9 Å². The van der Waals surface area contributed by atoms with E-state index in [1.54, 1.807) is 42.5 Å². The minimum absolute atomic E-state index is 0.146. The number of anilines is 3. The van der Waals surface area contributed by atoms with Gasteiger partial charge < -0.3 is 15.4 Å². The lowest BCUT2D eigenvalue weighted by atomic mass is 10.2. The molecule has 2 aromatic carbocycles. The second-order valence-electron chi connectivity index (χ2n) is 5.81. The van der Waals surface area contributed by atoms with Crippen molar-refractivity contribution in [1.29, 1.82) is 0 Å². The molecule has 2 N–H and O–H groups in total. The molecule has 0 aliphatic carbocycles. The minimum Gasteiger partial charge on any atom is -0.492 e. The Bertz CT molecular complexity index is 818. The van der Waals surface area contributed by atoms with E-state index in [4.69, 9.17) is 4.74 Å². The summed E-state index contributed by atoms with van der Waals surface area (Å²) in [5.41, 5.74) is 1.75. The molecular formula is C20H23N3O4. The predicted molar refractivity (Wildman–Crippen MR) is 105 cm³/mol. The third-order valence-electron chi connectivity index (χ3n) is 3.63. The molecule has 0 unspecified atom stereocenters. The van der Waals surface area contributed by atoms with Crippen molar-refractivity contribution in [1.82, 2.24) is 0 Å². The summed E-state index contributed by atoms with van der Waals surface area (Å²) in [5, 5.41) is 5.40. The predicted octanol–water partition coefficient (Wildman–Crippen LogP) is 3.04. The van der Waals surface area contributed by atoms with Gasteiger partial charge in [0.25, 0.3) is 0 Å². The van der Waals surface area contributed by atoms with Crippen molar-refractivity contribution >= 4 is 34.8 Å². The summed E-state index contributed by atoms with van der Waals surface area (Å²) in [6, 6.07) is 13.8. The number of benzene rings is 2. The normalized spacial score (nSPS) is 10.0. The number of nitrogens with zero attached hydrogens (tertiary/aromatic N) is 1. The molecule has 0 saturated carbocycles. The molecule has 2 aromatic rings. The Hall–Kier alpha value is -3.35. The molecule has 0 atom stereocenters. The fourth-order valence-electron chi connectivity index (χ4n) is 2.51. The first kappa shape index (κ1) is 20.0. The van der Waals surface area contributed by atoms with Gasteiger partial charge in [0.05, 0.1) is 12.3 Å². The van der Waals surface area contributed by atoms with Crippen LogP contribution in [0.4, 0.5) is 17.1 Å². The maximum absolute atomic E-state index is 12.4. The lowest BCUT2D eigenvalue weighted by molar-refractivity contribution is -0.120. The van der Waals surface area contributed by atoms with Crippen LogP contribution in [0.3, 0.4) is 0 Å². The third-order valence-corrected chi connectivity index (χ3v) is 3.63. The van der Waals surface area contributed by atoms with Gasteiger partial charge in [0, 0.05) is 25.2 Å². The average Bonchev–Trinajstić information content (AvgIpc) is 2.62. The van der Waals surface area contributed by atoms with Crippen LogP contribution >= 0.6 is 0 Å². The maximum atomic E-state index is 12.4. The first-order valence-corrected chi connectivity index (χ1v) is 8.58. The van der Waals surface area contributed by atoms with Gasteiger partial charge in [-0.05, 0) is 43.3 Å². The Morgan fingerprint density at radius 1 is 0.926 bits per heavy atom. The largest absolute Gasteiger partial charge is 0.492 e. The van der Waals surface area contributed by atoms with Gasteiger partial charge >= 0.3 is 0 Å². The summed E-state index contributed by atoms with van der Waals surface area (Å²) in [6.45, 7) is 4.99. The standard InChI is InChI=1S/C20H23N3O4/c1-4-27-19-8-6-5-7-18(19)23(15(3)25)13-20(26)22-17-11-9-16(10-12-17)21-14(2)24/h5-12H,4,13H2,1-3H3,(H,21,24)(H,22,26). The fraction of sp³-hybridized carbons (Fsp3) is 0.250. The summed E-state index contributed by atoms with van der Waals surface area (Å²) in [4.78, 5) is 36.9. The molecule has 142 valence electrons. The molecule has 0 heterocycles. The Morgan fingerprint density at radius 3 is 2.07 bits per heavy atom. The van der Waals surface area contributed by atoms with Gasteiger partial charge in [-0.15, -0.1) is 0 Å². The molecule has 0 saturated heterocycles. The van der Waals surface area contributed by atoms with Crippen LogP contribution in [0, 0.1) is 0 Å². The SMILES string of the molecule is CCOc1ccccc1N(CC(=O)Nc1ccc(NC(C)=O)cc1)C(C)=O. The van der Waals surface area contributed by atoms with E-state index in [0.717, 1.165) is 0 Å². The highest BCUT2D eigenvalue weighted by Gasteiger charge is 2.19. The van der Waals surface area contributed by atoms with Gasteiger partial charge in [0.1, 0.15) is 12.3 Å². The molecule has 0 aliphatic heterocycles. The Labute approximate surface area is 158 Å². The van der Waals surface area contributed by atoms with Crippen molar-refractivity contribution in [3.05, 3.63) is 48.5 Å². The van der Waals surface area contributed by atoms with Crippen LogP contribution in [0.5, 0.6) is 5.75 Å². The van der Waals surface area contributed by atoms with Crippen LogP contribution in [-0.2, 0) is 14.4 Å². The topological polar surface area (TPSA) is 87.7 Å². The average molecular weight is 369 g/mol. The molecule has 0 fully saturated rings. The van der Waals surface area contributed by atoms with Crippen LogP contribution in [0.25, 0.3) is 0 Å². The minimum atomic E-state index is -0.344. The summed E-state index contributed by atoms with van der Waals surface area (Å²) >= 11 is 0. The van der Waals surface area contributed by atoms with E-state index >= 15 is 0 Å². The number of carbonyl (C=O) groups is 3. The van der Waals surface area contributed by atoms with Gasteiger partial charge in [0.2, 0.25) is 17.7 Å². The zero-order valence-electron chi connectivity index (χ0n) is 15.6. The van der Waals surface area contributed by atoms with Crippen LogP contribution in [0.15, 0.2) is 48.5 Å². The fourth-order valence-corrected chi connectivity index (χ4v) is 2.51. The summed E-state index contributed by atoms with van der Waals surface area (Å²) < 4.78 is 5.55. The van der Waals surface area contributed by atoms with Gasteiger partial charge in [-0.2, -0.15) is 0 Å². The maximum Gasteiger partial charge on any atom is 0.244 e. The molecular weight excluding hydrogens is 346 g/mol. The zero-order valence-corrected chi connectivity index (χ0v) is 15.6. The van der Waals surface area contributed by atoms with Crippen LogP contribution in [0.1, 0.15) is 20.8 Å². The number of carbonyl (C=O) groups excluding carboxylic acids is 3. The second kappa shape index (κ2) is 9.38. The monoisotopic (exact) mass is 369 g/mol. The van der Waals surface area contributed by atoms with E-state index in [2.05, 4.69) is 10.6 Å². The molecule has 0 aliphatic rings. The number of hydrogen-bond donors (Lipinski definition) is 2. The zero-order chi connectivity index (χ0) is 19.8. The Balaban J connectivity index is 2.09. The van der Waals surface area contributed by atoms with E-state index in [9.17, 15) is 14.4 Å². The summed E-state index contributed by atoms with van der Waals surface area (Å²) in [6.07, 6.45) is 0. The number of amides is 3. The smallest absolute Gasteiger partial charge is 0.244 e. The lowest BCUT2D eigenvalue weighted by Gasteiger charge is -2.23. The summed E-state index contributed by atoms with van der Waals surface area (Å²) in [7, 11) is 0. The number of ether oxygens (including phenoxy) is 1. The molecule has 3 amide bonds. The third kappa shape index (κ3) is 5.85. The number of hydrogen-bond acceptors (Lipinski definition) is 4. The van der Waals surface area contributed by atoms with Crippen molar-refractivity contribution in [3.63, 3.8) is 0 Å². The molecule has 7 heteroatoms. The van der Waals surface area contributed by atoms with Gasteiger partial charge in [-0.3, -0.25) is 19.3 Å². The Morgan fingerprint density at radius 2 is 1.52 bits per heavy atom. The summed E-state index contributed by atoms with van der Waals surface area (Å²) in [5.74, 6) is -0.235. The highest BCUT2D eigenvalue weighted by Crippen LogP contribution is 2.28. The van der Waals surface area contributed by atoms with Crippen molar-refractivity contribution in [2.24, 2.45) is 0 Å². The van der Waals surface area contributed by atoms with E-state index in [1.165, 1.54) is 18.7 Å². The molecule has 27 heavy (non-hydrogen) atoms. The van der Waals surface area contributed by atoms with E-state index in [1.807, 2.05) is 13.0 Å². The van der Waals surface area contributed by atoms with Gasteiger partial charge in [-0.25, -0.2) is 0 Å². The lowest BCUT2D eigenvalue weighted by Crippen LogP contribution is -2.37. The molecule has 0 aromatic heterocycles. The van der Waals surface area contributed by atoms with E-state index in [-0.39, 0.29) is 24.3 Å². The number of nitrogens with one attached hydrogen (secondary N) is 2. The highest BCUT2D eigenvalue weighted by atomic mass is 16.5. The molecule has 0 bridgehead atoms. The molecule has 2 rings (SSSR count). The van der Waals surface area contributed by atoms with E-state index < -0.39 is 0 Å². The first-order valence-electron chi connectivity index (χ1n) is 8.58. The van der Waals surface area contributed by atoms with Gasteiger partial charge in [0.15, 0.2) is 0 Å². The van der Waals surface area contributed by atoms with Crippen LogP contribution in [0.2, 0.25) is 0 Å². The van der Waals surface area contributed by atoms with Gasteiger partial charge in [-0.1, -0.05) is 12.1 Å². The van der Waals surface area contributed by atoms with Crippen molar-refractivity contribution < 1.29 is 19.1 Å².